The topological polar surface area (TPSA) is 69.7 Å². The molecule has 6 heteroatoms. The number of hydrogen-bond donors (Lipinski definition) is 1. The van der Waals surface area contributed by atoms with Crippen LogP contribution in [0.15, 0.2) is 54.6 Å². The van der Waals surface area contributed by atoms with Crippen LogP contribution in [0.25, 0.3) is 0 Å². The zero-order valence-electron chi connectivity index (χ0n) is 15.5. The van der Waals surface area contributed by atoms with E-state index in [0.29, 0.717) is 11.4 Å². The lowest BCUT2D eigenvalue weighted by Gasteiger charge is -2.29. The van der Waals surface area contributed by atoms with Crippen molar-refractivity contribution in [3.63, 3.8) is 0 Å². The predicted octanol–water partition coefficient (Wildman–Crippen LogP) is 2.97. The zero-order valence-corrected chi connectivity index (χ0v) is 15.5. The minimum Gasteiger partial charge on any atom is -0.339 e. The van der Waals surface area contributed by atoms with Gasteiger partial charge in [-0.3, -0.25) is 14.4 Å². The molecule has 1 aliphatic heterocycles. The van der Waals surface area contributed by atoms with Gasteiger partial charge in [-0.2, -0.15) is 0 Å². The van der Waals surface area contributed by atoms with Crippen LogP contribution in [-0.4, -0.2) is 36.2 Å². The summed E-state index contributed by atoms with van der Waals surface area (Å²) in [4.78, 5) is 40.1. The Hall–Kier alpha value is -3.15. The Bertz CT molecular complexity index is 851. The molecule has 1 aliphatic rings. The zero-order chi connectivity index (χ0) is 19.4. The maximum Gasteiger partial charge on any atom is 0.244 e. The average Bonchev–Trinajstić information content (AvgIpc) is 2.70. The first-order valence-electron chi connectivity index (χ1n) is 8.97. The standard InChI is InChI=1S/C21H23N3O3/c1-15(16-8-4-3-5-9-16)23(2)20(26)12-13-21(27)24-14-19(25)22-17-10-6-7-11-18(17)24/h3-11,15H,12-14H2,1-2H3,(H,22,25)/t15-/m1/s1. The second-order valence-electron chi connectivity index (χ2n) is 6.64. The number of benzene rings is 2. The number of fused-ring (bicyclic) bond motifs is 1. The third-order valence-corrected chi connectivity index (χ3v) is 4.88. The van der Waals surface area contributed by atoms with Crippen LogP contribution in [0.5, 0.6) is 0 Å². The van der Waals surface area contributed by atoms with Crippen LogP contribution in [0.4, 0.5) is 11.4 Å². The van der Waals surface area contributed by atoms with Crippen molar-refractivity contribution in [3.05, 3.63) is 60.2 Å². The lowest BCUT2D eigenvalue weighted by Crippen LogP contribution is -2.42. The van der Waals surface area contributed by atoms with E-state index in [1.807, 2.05) is 43.3 Å². The highest BCUT2D eigenvalue weighted by Crippen LogP contribution is 2.29. The van der Waals surface area contributed by atoms with Gasteiger partial charge in [-0.25, -0.2) is 0 Å². The summed E-state index contributed by atoms with van der Waals surface area (Å²) in [5, 5.41) is 2.75. The van der Waals surface area contributed by atoms with Gasteiger partial charge < -0.3 is 15.1 Å². The van der Waals surface area contributed by atoms with Crippen molar-refractivity contribution in [2.75, 3.05) is 23.8 Å². The molecule has 0 unspecified atom stereocenters. The number of carbonyl (C=O) groups excluding carboxylic acids is 3. The molecule has 0 fully saturated rings. The minimum absolute atomic E-state index is 0.0275. The molecule has 2 aromatic carbocycles. The van der Waals surface area contributed by atoms with E-state index in [9.17, 15) is 14.4 Å². The van der Waals surface area contributed by atoms with Crippen molar-refractivity contribution in [1.29, 1.82) is 0 Å². The van der Waals surface area contributed by atoms with E-state index >= 15 is 0 Å². The minimum atomic E-state index is -0.233. The molecule has 1 N–H and O–H groups in total. The molecule has 0 radical (unpaired) electrons. The van der Waals surface area contributed by atoms with Gasteiger partial charge in [-0.15, -0.1) is 0 Å². The van der Waals surface area contributed by atoms with Gasteiger partial charge in [0, 0.05) is 19.9 Å². The monoisotopic (exact) mass is 365 g/mol. The number of carbonyl (C=O) groups is 3. The summed E-state index contributed by atoms with van der Waals surface area (Å²) >= 11 is 0. The van der Waals surface area contributed by atoms with Crippen LogP contribution in [-0.2, 0) is 14.4 Å². The number of nitrogens with one attached hydrogen (secondary N) is 1. The Morgan fingerprint density at radius 1 is 1.07 bits per heavy atom. The van der Waals surface area contributed by atoms with Crippen molar-refractivity contribution in [3.8, 4) is 0 Å². The summed E-state index contributed by atoms with van der Waals surface area (Å²) in [6, 6.07) is 16.8. The second kappa shape index (κ2) is 8.03. The molecule has 0 spiro atoms. The molecule has 140 valence electrons. The first-order valence-corrected chi connectivity index (χ1v) is 8.97. The largest absolute Gasteiger partial charge is 0.339 e. The molecule has 0 aromatic heterocycles. The second-order valence-corrected chi connectivity index (χ2v) is 6.64. The van der Waals surface area contributed by atoms with Crippen molar-refractivity contribution in [2.24, 2.45) is 0 Å². The van der Waals surface area contributed by atoms with E-state index in [0.717, 1.165) is 5.56 Å². The van der Waals surface area contributed by atoms with E-state index in [1.165, 1.54) is 4.90 Å². The number of nitrogens with zero attached hydrogens (tertiary/aromatic N) is 2. The average molecular weight is 365 g/mol. The number of para-hydroxylation sites is 2. The molecule has 1 heterocycles. The van der Waals surface area contributed by atoms with Crippen molar-refractivity contribution in [2.45, 2.75) is 25.8 Å². The van der Waals surface area contributed by atoms with E-state index in [-0.39, 0.29) is 43.1 Å². The van der Waals surface area contributed by atoms with E-state index in [2.05, 4.69) is 5.32 Å². The first kappa shape index (κ1) is 18.6. The Kier molecular flexibility index (Phi) is 5.54. The number of hydrogen-bond acceptors (Lipinski definition) is 3. The third-order valence-electron chi connectivity index (χ3n) is 4.88. The summed E-state index contributed by atoms with van der Waals surface area (Å²) in [6.45, 7) is 1.93. The van der Waals surface area contributed by atoms with Gasteiger partial charge in [0.2, 0.25) is 17.7 Å². The Morgan fingerprint density at radius 2 is 1.74 bits per heavy atom. The molecular formula is C21H23N3O3. The third kappa shape index (κ3) is 4.16. The fourth-order valence-electron chi connectivity index (χ4n) is 3.15. The highest BCUT2D eigenvalue weighted by molar-refractivity contribution is 6.10. The fourth-order valence-corrected chi connectivity index (χ4v) is 3.15. The van der Waals surface area contributed by atoms with Gasteiger partial charge in [-0.1, -0.05) is 42.5 Å². The molecule has 6 nitrogen and oxygen atoms in total. The number of anilines is 2. The maximum atomic E-state index is 12.6. The smallest absolute Gasteiger partial charge is 0.244 e. The highest BCUT2D eigenvalue weighted by Gasteiger charge is 2.27. The number of amides is 3. The van der Waals surface area contributed by atoms with Crippen molar-refractivity contribution < 1.29 is 14.4 Å². The van der Waals surface area contributed by atoms with E-state index in [1.54, 1.807) is 30.1 Å². The van der Waals surface area contributed by atoms with Crippen LogP contribution in [0.2, 0.25) is 0 Å². The summed E-state index contributed by atoms with van der Waals surface area (Å²) in [5.41, 5.74) is 2.32. The number of rotatable bonds is 5. The highest BCUT2D eigenvalue weighted by atomic mass is 16.2. The quantitative estimate of drug-likeness (QED) is 0.886. The molecule has 0 aliphatic carbocycles. The fraction of sp³-hybridized carbons (Fsp3) is 0.286. The van der Waals surface area contributed by atoms with Crippen molar-refractivity contribution >= 4 is 29.1 Å². The van der Waals surface area contributed by atoms with Gasteiger partial charge in [0.05, 0.1) is 17.4 Å². The molecular weight excluding hydrogens is 342 g/mol. The van der Waals surface area contributed by atoms with Gasteiger partial charge in [0.1, 0.15) is 6.54 Å². The normalized spacial score (nSPS) is 14.1. The Balaban J connectivity index is 1.62. The molecule has 2 aromatic rings. The summed E-state index contributed by atoms with van der Waals surface area (Å²) < 4.78 is 0. The lowest BCUT2D eigenvalue weighted by atomic mass is 10.1. The Morgan fingerprint density at radius 3 is 2.48 bits per heavy atom. The van der Waals surface area contributed by atoms with Gasteiger partial charge in [-0.05, 0) is 24.6 Å². The molecule has 27 heavy (non-hydrogen) atoms. The summed E-state index contributed by atoms with van der Waals surface area (Å²) in [5.74, 6) is -0.566. The van der Waals surface area contributed by atoms with Gasteiger partial charge in [0.25, 0.3) is 0 Å². The molecule has 3 amide bonds. The van der Waals surface area contributed by atoms with E-state index < -0.39 is 0 Å². The SMILES string of the molecule is C[C@H](c1ccccc1)N(C)C(=O)CCC(=O)N1CC(=O)Nc2ccccc21. The Labute approximate surface area is 158 Å². The maximum absolute atomic E-state index is 12.6. The summed E-state index contributed by atoms with van der Waals surface area (Å²) in [7, 11) is 1.74. The van der Waals surface area contributed by atoms with Crippen LogP contribution in [0.1, 0.15) is 31.4 Å². The van der Waals surface area contributed by atoms with Gasteiger partial charge in [0.15, 0.2) is 0 Å². The predicted molar refractivity (Wildman–Crippen MR) is 104 cm³/mol. The van der Waals surface area contributed by atoms with Crippen LogP contribution in [0, 0.1) is 0 Å². The molecule has 0 saturated heterocycles. The molecule has 0 saturated carbocycles. The van der Waals surface area contributed by atoms with Crippen molar-refractivity contribution in [1.82, 2.24) is 4.90 Å². The summed E-state index contributed by atoms with van der Waals surface area (Å²) in [6.07, 6.45) is 0.166. The lowest BCUT2D eigenvalue weighted by molar-refractivity contribution is -0.133. The van der Waals surface area contributed by atoms with E-state index in [4.69, 9.17) is 0 Å². The molecule has 3 rings (SSSR count). The molecule has 0 bridgehead atoms. The molecule has 1 atom stereocenters. The van der Waals surface area contributed by atoms with Crippen LogP contribution in [0.3, 0.4) is 0 Å². The van der Waals surface area contributed by atoms with Crippen LogP contribution < -0.4 is 10.2 Å². The van der Waals surface area contributed by atoms with Crippen LogP contribution >= 0.6 is 0 Å². The first-order chi connectivity index (χ1) is 13.0. The van der Waals surface area contributed by atoms with Gasteiger partial charge >= 0.3 is 0 Å².